The summed E-state index contributed by atoms with van der Waals surface area (Å²) in [7, 11) is 0. The lowest BCUT2D eigenvalue weighted by Crippen LogP contribution is -2.63. The number of hydrogen-bond donors (Lipinski definition) is 4. The standard InChI is InChI=1S/C32H52N2O5S.C9H16O4/c1-8-30(6)16-24(31(7)20(4)11-13-32(21(5)28(30)37)14-12-23(35)27(31)32)39-25(36)18-40-22-10-9-15-34(17-22)29(38)26(33)19(2)3;10-8(11)6-4-2-1-3-5-7-9(12)13/h8,19-22,24,26-28,37H,1,9-18,33H2,2-7H3;1-7H2,(H,10,11)(H,12,13)/t20-,21+,22+,24-,26-,27+,28+,30-,31+,32+;/m1./s1. The maximum Gasteiger partial charge on any atom is 0.316 e. The average Bonchev–Trinajstić information content (AvgIpc) is 3.47. The van der Waals surface area contributed by atoms with Gasteiger partial charge in [0.05, 0.1) is 17.9 Å². The maximum atomic E-state index is 13.6. The Morgan fingerprint density at radius 3 is 2.19 bits per heavy atom. The molecule has 0 aromatic heterocycles. The van der Waals surface area contributed by atoms with Gasteiger partial charge in [0.15, 0.2) is 0 Å². The summed E-state index contributed by atoms with van der Waals surface area (Å²) < 4.78 is 6.38. The van der Waals surface area contributed by atoms with Gasteiger partial charge < -0.3 is 30.7 Å². The molecule has 1 aliphatic heterocycles. The topological polar surface area (TPSA) is 185 Å². The molecule has 1 saturated heterocycles. The highest BCUT2D eigenvalue weighted by Crippen LogP contribution is 2.68. The van der Waals surface area contributed by atoms with E-state index in [1.807, 2.05) is 31.7 Å². The molecule has 5 N–H and O–H groups in total. The van der Waals surface area contributed by atoms with Gasteiger partial charge in [0.1, 0.15) is 11.9 Å². The third-order valence-electron chi connectivity index (χ3n) is 13.5. The van der Waals surface area contributed by atoms with Gasteiger partial charge in [-0.2, -0.15) is 0 Å². The summed E-state index contributed by atoms with van der Waals surface area (Å²) >= 11 is 1.55. The first-order chi connectivity index (χ1) is 24.8. The smallest absolute Gasteiger partial charge is 0.316 e. The van der Waals surface area contributed by atoms with Crippen LogP contribution in [0.4, 0.5) is 0 Å². The van der Waals surface area contributed by atoms with Crippen LogP contribution in [0.15, 0.2) is 12.7 Å². The number of thioether (sulfide) groups is 1. The van der Waals surface area contributed by atoms with Crippen molar-refractivity contribution < 1.29 is 44.0 Å². The highest BCUT2D eigenvalue weighted by atomic mass is 32.2. The van der Waals surface area contributed by atoms with Gasteiger partial charge in [0, 0.05) is 54.3 Å². The van der Waals surface area contributed by atoms with Gasteiger partial charge in [-0.15, -0.1) is 18.3 Å². The Morgan fingerprint density at radius 2 is 1.62 bits per heavy atom. The van der Waals surface area contributed by atoms with E-state index in [2.05, 4.69) is 27.4 Å². The third-order valence-corrected chi connectivity index (χ3v) is 14.7. The molecular formula is C41H68N2O9S. The number of ketones is 1. The van der Waals surface area contributed by atoms with Crippen LogP contribution in [0.3, 0.4) is 0 Å². The first kappa shape index (κ1) is 45.0. The Kier molecular flexibility index (Phi) is 16.5. The summed E-state index contributed by atoms with van der Waals surface area (Å²) in [5.41, 5.74) is 4.70. The minimum atomic E-state index is -0.759. The zero-order valence-corrected chi connectivity index (χ0v) is 34.0. The van der Waals surface area contributed by atoms with Gasteiger partial charge in [-0.3, -0.25) is 24.0 Å². The monoisotopic (exact) mass is 764 g/mol. The molecule has 0 spiro atoms. The molecule has 12 heteroatoms. The summed E-state index contributed by atoms with van der Waals surface area (Å²) in [4.78, 5) is 61.9. The third kappa shape index (κ3) is 10.7. The number of hydrogen-bond acceptors (Lipinski definition) is 9. The number of likely N-dealkylation sites (tertiary alicyclic amines) is 1. The SMILES string of the molecule is C=C[C@]1(C)C[C@@H](OC(=O)CS[C@H]2CCCN(C(=O)[C@H](N)C(C)C)C2)[C@]2(C)[C@H](C)CC[C@]3(CCC(=O)[C@H]32)[C@@H](C)[C@@H]1O.O=C(O)CCCCCCCC(=O)O. The fourth-order valence-electron chi connectivity index (χ4n) is 9.73. The number of rotatable bonds is 15. The normalized spacial score (nSPS) is 34.5. The van der Waals surface area contributed by atoms with Crippen LogP contribution < -0.4 is 5.73 Å². The number of Topliss-reactive ketones (excluding diaryl/α,β-unsaturated/α-hetero) is 1. The molecule has 0 radical (unpaired) electrons. The van der Waals surface area contributed by atoms with Gasteiger partial charge in [-0.05, 0) is 74.5 Å². The summed E-state index contributed by atoms with van der Waals surface area (Å²) in [6, 6.07) is -0.506. The number of carboxylic acid groups (broad SMARTS) is 2. The van der Waals surface area contributed by atoms with Crippen molar-refractivity contribution in [1.82, 2.24) is 4.90 Å². The second kappa shape index (κ2) is 19.4. The van der Waals surface area contributed by atoms with Crippen molar-refractivity contribution in [3.05, 3.63) is 12.7 Å². The molecule has 1 heterocycles. The van der Waals surface area contributed by atoms with Crippen LogP contribution in [0.2, 0.25) is 0 Å². The van der Waals surface area contributed by atoms with E-state index < -0.39 is 41.0 Å². The van der Waals surface area contributed by atoms with E-state index in [4.69, 9.17) is 20.7 Å². The van der Waals surface area contributed by atoms with E-state index in [1.54, 1.807) is 11.8 Å². The molecule has 4 rings (SSSR count). The van der Waals surface area contributed by atoms with Crippen molar-refractivity contribution >= 4 is 41.4 Å². The van der Waals surface area contributed by atoms with Crippen LogP contribution in [0.25, 0.3) is 0 Å². The van der Waals surface area contributed by atoms with Crippen molar-refractivity contribution in [2.45, 2.75) is 155 Å². The quantitative estimate of drug-likeness (QED) is 0.0812. The molecule has 4 fully saturated rings. The van der Waals surface area contributed by atoms with Crippen molar-refractivity contribution in [3.63, 3.8) is 0 Å². The van der Waals surface area contributed by atoms with Crippen LogP contribution >= 0.6 is 11.8 Å². The number of unbranched alkanes of at least 4 members (excludes halogenated alkanes) is 4. The number of aliphatic hydroxyl groups excluding tert-OH is 1. The van der Waals surface area contributed by atoms with E-state index in [0.29, 0.717) is 38.8 Å². The second-order valence-corrected chi connectivity index (χ2v) is 18.5. The molecule has 3 aliphatic carbocycles. The summed E-state index contributed by atoms with van der Waals surface area (Å²) in [6.45, 7) is 17.8. The van der Waals surface area contributed by atoms with Crippen molar-refractivity contribution in [1.29, 1.82) is 0 Å². The minimum Gasteiger partial charge on any atom is -0.481 e. The van der Waals surface area contributed by atoms with Crippen LogP contribution in [0, 0.1) is 39.9 Å². The summed E-state index contributed by atoms with van der Waals surface area (Å²) in [5.74, 6) is -1.36. The number of carbonyl (C=O) groups is 5. The van der Waals surface area contributed by atoms with Gasteiger partial charge in [-0.1, -0.05) is 66.9 Å². The Labute approximate surface area is 321 Å². The van der Waals surface area contributed by atoms with E-state index in [1.165, 1.54) is 0 Å². The van der Waals surface area contributed by atoms with Crippen molar-refractivity contribution in [2.24, 2.45) is 45.7 Å². The molecule has 0 unspecified atom stereocenters. The Morgan fingerprint density at radius 1 is 1.02 bits per heavy atom. The molecule has 1 amide bonds. The largest absolute Gasteiger partial charge is 0.481 e. The first-order valence-electron chi connectivity index (χ1n) is 20.0. The molecule has 0 aromatic rings. The molecule has 11 nitrogen and oxygen atoms in total. The number of nitrogens with zero attached hydrogens (tertiary/aromatic N) is 1. The summed E-state index contributed by atoms with van der Waals surface area (Å²) in [6.07, 6.45) is 10.7. The highest BCUT2D eigenvalue weighted by Gasteiger charge is 2.68. The molecule has 4 aliphatic rings. The van der Waals surface area contributed by atoms with Crippen LogP contribution in [-0.2, 0) is 28.7 Å². The van der Waals surface area contributed by atoms with Gasteiger partial charge in [0.2, 0.25) is 5.91 Å². The number of nitrogens with two attached hydrogens (primary N) is 1. The van der Waals surface area contributed by atoms with E-state index in [0.717, 1.165) is 51.4 Å². The zero-order valence-electron chi connectivity index (χ0n) is 33.1. The molecule has 0 aromatic carbocycles. The highest BCUT2D eigenvalue weighted by molar-refractivity contribution is 8.00. The molecular weight excluding hydrogens is 697 g/mol. The lowest BCUT2D eigenvalue weighted by molar-refractivity contribution is -0.205. The molecule has 10 atom stereocenters. The van der Waals surface area contributed by atoms with Gasteiger partial charge in [0.25, 0.3) is 0 Å². The predicted octanol–water partition coefficient (Wildman–Crippen LogP) is 6.49. The average molecular weight is 765 g/mol. The molecule has 53 heavy (non-hydrogen) atoms. The minimum absolute atomic E-state index is 0.0159. The molecule has 302 valence electrons. The van der Waals surface area contributed by atoms with Gasteiger partial charge in [-0.25, -0.2) is 0 Å². The Balaban J connectivity index is 0.000000496. The van der Waals surface area contributed by atoms with Crippen molar-refractivity contribution in [3.8, 4) is 0 Å². The van der Waals surface area contributed by atoms with Crippen molar-refractivity contribution in [2.75, 3.05) is 18.8 Å². The number of carboxylic acids is 2. The number of aliphatic carboxylic acids is 2. The summed E-state index contributed by atoms with van der Waals surface area (Å²) in [5, 5.41) is 28.5. The number of carbonyl (C=O) groups excluding carboxylic acids is 3. The lowest BCUT2D eigenvalue weighted by Gasteiger charge is -2.61. The number of ether oxygens (including phenoxy) is 1. The molecule has 3 saturated carbocycles. The van der Waals surface area contributed by atoms with E-state index in [-0.39, 0.29) is 70.6 Å². The van der Waals surface area contributed by atoms with Crippen LogP contribution in [0.1, 0.15) is 131 Å². The van der Waals surface area contributed by atoms with Gasteiger partial charge >= 0.3 is 17.9 Å². The number of aliphatic hydroxyl groups is 1. The number of esters is 1. The van der Waals surface area contributed by atoms with E-state index >= 15 is 0 Å². The lowest BCUT2D eigenvalue weighted by atomic mass is 9.44. The number of piperidine rings is 1. The first-order valence-corrected chi connectivity index (χ1v) is 21.0. The Bertz CT molecular complexity index is 1290. The van der Waals surface area contributed by atoms with Crippen LogP contribution in [-0.4, -0.2) is 92.2 Å². The maximum absolute atomic E-state index is 13.6. The fourth-order valence-corrected chi connectivity index (χ4v) is 10.8. The second-order valence-electron chi connectivity index (χ2n) is 17.2. The number of amides is 1. The van der Waals surface area contributed by atoms with Crippen LogP contribution in [0.5, 0.6) is 0 Å². The molecule has 2 bridgehead atoms. The predicted molar refractivity (Wildman–Crippen MR) is 207 cm³/mol. The Hall–Kier alpha value is -2.44. The fraction of sp³-hybridized carbons (Fsp3) is 0.829. The zero-order chi connectivity index (χ0) is 39.7. The van der Waals surface area contributed by atoms with E-state index in [9.17, 15) is 29.1 Å².